The topological polar surface area (TPSA) is 102 Å². The molecule has 12 heteroatoms. The standard InChI is InChI=1S/C16H13F3N8O/c1-8-6-9(2)27-15(21-8)22-12(25-27)14(28)20-7-11-23-24-13-10(16(17,18)19)4-3-5-26(11)13/h3-6H,7H2,1-2H3,(H,20,28). The number of aromatic nitrogens is 7. The predicted molar refractivity (Wildman–Crippen MR) is 89.4 cm³/mol. The summed E-state index contributed by atoms with van der Waals surface area (Å²) in [5, 5.41) is 14.0. The van der Waals surface area contributed by atoms with Crippen LogP contribution in [0.4, 0.5) is 13.2 Å². The molecule has 0 saturated heterocycles. The Bertz CT molecular complexity index is 1210. The Morgan fingerprint density at radius 1 is 1.21 bits per heavy atom. The van der Waals surface area contributed by atoms with Crippen LogP contribution in [0, 0.1) is 13.8 Å². The number of halogens is 3. The number of hydrogen-bond donors (Lipinski definition) is 1. The van der Waals surface area contributed by atoms with Gasteiger partial charge in [-0.1, -0.05) is 0 Å². The van der Waals surface area contributed by atoms with Crippen LogP contribution in [0.3, 0.4) is 0 Å². The molecule has 4 aromatic heterocycles. The van der Waals surface area contributed by atoms with Gasteiger partial charge < -0.3 is 5.32 Å². The smallest absolute Gasteiger partial charge is 0.342 e. The Hall–Kier alpha value is -3.57. The average molecular weight is 390 g/mol. The third-order valence-corrected chi connectivity index (χ3v) is 4.04. The zero-order valence-electron chi connectivity index (χ0n) is 14.7. The maximum absolute atomic E-state index is 13.0. The van der Waals surface area contributed by atoms with Crippen molar-refractivity contribution in [3.05, 3.63) is 53.0 Å². The average Bonchev–Trinajstić information content (AvgIpc) is 3.22. The Balaban J connectivity index is 1.58. The van der Waals surface area contributed by atoms with E-state index < -0.39 is 17.6 Å². The van der Waals surface area contributed by atoms with Crippen LogP contribution < -0.4 is 5.32 Å². The van der Waals surface area contributed by atoms with Gasteiger partial charge in [0.05, 0.1) is 6.54 Å². The largest absolute Gasteiger partial charge is 0.420 e. The lowest BCUT2D eigenvalue weighted by Gasteiger charge is -2.07. The van der Waals surface area contributed by atoms with Crippen molar-refractivity contribution in [1.82, 2.24) is 39.5 Å². The molecule has 0 aliphatic rings. The minimum absolute atomic E-state index is 0.106. The van der Waals surface area contributed by atoms with Gasteiger partial charge in [-0.2, -0.15) is 18.2 Å². The second kappa shape index (κ2) is 6.25. The first-order valence-electron chi connectivity index (χ1n) is 8.13. The van der Waals surface area contributed by atoms with Crippen molar-refractivity contribution in [2.45, 2.75) is 26.6 Å². The molecule has 4 heterocycles. The van der Waals surface area contributed by atoms with E-state index in [2.05, 4.69) is 30.6 Å². The van der Waals surface area contributed by atoms with Crippen LogP contribution in [0.15, 0.2) is 24.4 Å². The van der Waals surface area contributed by atoms with Crippen molar-refractivity contribution in [1.29, 1.82) is 0 Å². The number of nitrogens with one attached hydrogen (secondary N) is 1. The molecule has 0 spiro atoms. The minimum atomic E-state index is -4.56. The van der Waals surface area contributed by atoms with Crippen LogP contribution in [0.1, 0.15) is 33.4 Å². The van der Waals surface area contributed by atoms with Gasteiger partial charge in [0, 0.05) is 17.6 Å². The van der Waals surface area contributed by atoms with E-state index >= 15 is 0 Å². The molecule has 0 bridgehead atoms. The highest BCUT2D eigenvalue weighted by atomic mass is 19.4. The van der Waals surface area contributed by atoms with Gasteiger partial charge in [-0.25, -0.2) is 9.50 Å². The molecule has 4 aromatic rings. The molecule has 0 aliphatic heterocycles. The molecule has 0 fully saturated rings. The molecule has 1 N–H and O–H groups in total. The summed E-state index contributed by atoms with van der Waals surface area (Å²) in [6, 6.07) is 3.96. The number of pyridine rings is 1. The lowest BCUT2D eigenvalue weighted by molar-refractivity contribution is -0.136. The molecule has 144 valence electrons. The maximum Gasteiger partial charge on any atom is 0.420 e. The molecule has 0 atom stereocenters. The van der Waals surface area contributed by atoms with Crippen LogP contribution in [-0.2, 0) is 12.7 Å². The van der Waals surface area contributed by atoms with Crippen molar-refractivity contribution in [3.8, 4) is 0 Å². The summed E-state index contributed by atoms with van der Waals surface area (Å²) >= 11 is 0. The first kappa shape index (κ1) is 17.8. The second-order valence-electron chi connectivity index (χ2n) is 6.10. The van der Waals surface area contributed by atoms with E-state index in [1.54, 1.807) is 19.9 Å². The van der Waals surface area contributed by atoms with E-state index in [9.17, 15) is 18.0 Å². The number of carbonyl (C=O) groups excluding carboxylic acids is 1. The van der Waals surface area contributed by atoms with Gasteiger partial charge in [0.15, 0.2) is 11.5 Å². The number of amides is 1. The van der Waals surface area contributed by atoms with Gasteiger partial charge in [0.25, 0.3) is 11.7 Å². The highest BCUT2D eigenvalue weighted by molar-refractivity contribution is 5.90. The molecule has 1 amide bonds. The molecule has 0 aliphatic carbocycles. The van der Waals surface area contributed by atoms with Crippen molar-refractivity contribution in [3.63, 3.8) is 0 Å². The van der Waals surface area contributed by atoms with Gasteiger partial charge in [0.2, 0.25) is 5.82 Å². The van der Waals surface area contributed by atoms with Crippen molar-refractivity contribution < 1.29 is 18.0 Å². The van der Waals surface area contributed by atoms with Crippen LogP contribution >= 0.6 is 0 Å². The van der Waals surface area contributed by atoms with E-state index in [0.717, 1.165) is 17.5 Å². The van der Waals surface area contributed by atoms with Crippen LogP contribution in [-0.4, -0.2) is 40.1 Å². The van der Waals surface area contributed by atoms with Crippen LogP contribution in [0.2, 0.25) is 0 Å². The first-order chi connectivity index (χ1) is 13.2. The zero-order chi connectivity index (χ0) is 20.1. The summed E-state index contributed by atoms with van der Waals surface area (Å²) < 4.78 is 41.8. The van der Waals surface area contributed by atoms with Gasteiger partial charge in [-0.3, -0.25) is 9.20 Å². The zero-order valence-corrected chi connectivity index (χ0v) is 14.7. The number of rotatable bonds is 3. The molecule has 4 rings (SSSR count). The number of fused-ring (bicyclic) bond motifs is 2. The summed E-state index contributed by atoms with van der Waals surface area (Å²) in [4.78, 5) is 20.6. The summed E-state index contributed by atoms with van der Waals surface area (Å²) in [6.45, 7) is 3.45. The third-order valence-electron chi connectivity index (χ3n) is 4.04. The van der Waals surface area contributed by atoms with Crippen LogP contribution in [0.25, 0.3) is 11.4 Å². The quantitative estimate of drug-likeness (QED) is 0.572. The Labute approximate surface area is 155 Å². The Morgan fingerprint density at radius 3 is 2.75 bits per heavy atom. The van der Waals surface area contributed by atoms with E-state index in [4.69, 9.17) is 0 Å². The van der Waals surface area contributed by atoms with E-state index in [1.807, 2.05) is 0 Å². The molecule has 0 saturated carbocycles. The third kappa shape index (κ3) is 3.02. The van der Waals surface area contributed by atoms with Crippen molar-refractivity contribution in [2.24, 2.45) is 0 Å². The summed E-state index contributed by atoms with van der Waals surface area (Å²) in [5.74, 6) is -0.286. The molecule has 0 radical (unpaired) electrons. The highest BCUT2D eigenvalue weighted by Gasteiger charge is 2.34. The number of carbonyl (C=O) groups is 1. The van der Waals surface area contributed by atoms with Gasteiger partial charge >= 0.3 is 6.18 Å². The van der Waals surface area contributed by atoms with Gasteiger partial charge in [0.1, 0.15) is 5.56 Å². The molecule has 28 heavy (non-hydrogen) atoms. The van der Waals surface area contributed by atoms with Crippen molar-refractivity contribution in [2.75, 3.05) is 0 Å². The monoisotopic (exact) mass is 390 g/mol. The molecular formula is C16H13F3N8O. The number of alkyl halides is 3. The highest BCUT2D eigenvalue weighted by Crippen LogP contribution is 2.31. The lowest BCUT2D eigenvalue weighted by Crippen LogP contribution is -2.25. The normalized spacial score (nSPS) is 12.0. The van der Waals surface area contributed by atoms with E-state index in [-0.39, 0.29) is 29.6 Å². The molecule has 0 unspecified atom stereocenters. The molecule has 0 aromatic carbocycles. The molecular weight excluding hydrogens is 377 g/mol. The number of aryl methyl sites for hydroxylation is 2. The lowest BCUT2D eigenvalue weighted by atomic mass is 10.2. The van der Waals surface area contributed by atoms with Crippen LogP contribution in [0.5, 0.6) is 0 Å². The second-order valence-corrected chi connectivity index (χ2v) is 6.10. The fourth-order valence-electron chi connectivity index (χ4n) is 2.81. The summed E-state index contributed by atoms with van der Waals surface area (Å²) in [5.41, 5.74) is 0.261. The molecule has 9 nitrogen and oxygen atoms in total. The Kier molecular flexibility index (Phi) is 3.98. The van der Waals surface area contributed by atoms with E-state index in [1.165, 1.54) is 21.2 Å². The summed E-state index contributed by atoms with van der Waals surface area (Å²) in [7, 11) is 0. The first-order valence-corrected chi connectivity index (χ1v) is 8.13. The fourth-order valence-corrected chi connectivity index (χ4v) is 2.81. The summed E-state index contributed by atoms with van der Waals surface area (Å²) in [6.07, 6.45) is -3.16. The number of hydrogen-bond acceptors (Lipinski definition) is 6. The van der Waals surface area contributed by atoms with Crippen molar-refractivity contribution >= 4 is 17.3 Å². The van der Waals surface area contributed by atoms with E-state index in [0.29, 0.717) is 0 Å². The minimum Gasteiger partial charge on any atom is -0.342 e. The van der Waals surface area contributed by atoms with Gasteiger partial charge in [-0.05, 0) is 32.0 Å². The number of nitrogens with zero attached hydrogens (tertiary/aromatic N) is 7. The Morgan fingerprint density at radius 2 is 2.00 bits per heavy atom. The predicted octanol–water partition coefficient (Wildman–Crippen LogP) is 1.73. The fraction of sp³-hybridized carbons (Fsp3) is 0.250. The SMILES string of the molecule is Cc1cc(C)n2nc(C(=O)NCc3nnc4c(C(F)(F)F)cccn34)nc2n1. The maximum atomic E-state index is 13.0. The van der Waals surface area contributed by atoms with Gasteiger partial charge in [-0.15, -0.1) is 15.3 Å².